The fraction of sp³-hybridized carbons (Fsp3) is 0.458. The quantitative estimate of drug-likeness (QED) is 0.566. The first-order valence-electron chi connectivity index (χ1n) is 10.9. The Morgan fingerprint density at radius 2 is 1.71 bits per heavy atom. The van der Waals surface area contributed by atoms with Crippen molar-refractivity contribution in [3.8, 4) is 0 Å². The van der Waals surface area contributed by atoms with Crippen LogP contribution in [0, 0.1) is 0 Å². The molecule has 0 bridgehead atoms. The zero-order chi connectivity index (χ0) is 22.2. The molecule has 4 rings (SSSR count). The van der Waals surface area contributed by atoms with E-state index in [9.17, 15) is 4.79 Å². The number of nitrogens with two attached hydrogens (primary N) is 2. The number of fused-ring (bicyclic) bond motifs is 2. The normalized spacial score (nSPS) is 14.1. The number of nitrogens with zero attached hydrogens (tertiary/aromatic N) is 1. The maximum atomic E-state index is 11.1. The smallest absolute Gasteiger partial charge is 0.316 e. The summed E-state index contributed by atoms with van der Waals surface area (Å²) in [6.07, 6.45) is 6.86. The van der Waals surface area contributed by atoms with Gasteiger partial charge in [-0.05, 0) is 97.5 Å². The van der Waals surface area contributed by atoms with E-state index in [4.69, 9.17) is 15.6 Å². The molecule has 0 spiro atoms. The van der Waals surface area contributed by atoms with Crippen LogP contribution in [0.3, 0.4) is 0 Å². The molecule has 0 saturated carbocycles. The minimum absolute atomic E-state index is 0.436. The predicted octanol–water partition coefficient (Wildman–Crippen LogP) is 3.89. The van der Waals surface area contributed by atoms with Gasteiger partial charge in [0.2, 0.25) is 0 Å². The summed E-state index contributed by atoms with van der Waals surface area (Å²) in [4.78, 5) is 14.4. The van der Waals surface area contributed by atoms with Crippen LogP contribution in [0.5, 0.6) is 0 Å². The van der Waals surface area contributed by atoms with E-state index in [0.717, 1.165) is 56.0 Å². The van der Waals surface area contributed by atoms with E-state index in [2.05, 4.69) is 35.5 Å². The molecule has 0 atom stereocenters. The van der Waals surface area contributed by atoms with Crippen LogP contribution < -0.4 is 16.2 Å². The van der Waals surface area contributed by atoms with Gasteiger partial charge in [-0.25, -0.2) is 4.79 Å². The lowest BCUT2D eigenvalue weighted by Crippen LogP contribution is -2.22. The molecule has 0 saturated heterocycles. The van der Waals surface area contributed by atoms with Crippen molar-refractivity contribution in [3.05, 3.63) is 58.1 Å². The summed E-state index contributed by atoms with van der Waals surface area (Å²) in [6, 6.07) is 10.2. The van der Waals surface area contributed by atoms with Gasteiger partial charge >= 0.3 is 6.03 Å². The zero-order valence-electron chi connectivity index (χ0n) is 18.6. The van der Waals surface area contributed by atoms with Crippen LogP contribution in [-0.2, 0) is 37.0 Å². The molecule has 2 amide bonds. The number of amides is 2. The topological polar surface area (TPSA) is 93.6 Å². The number of anilines is 1. The number of methoxy groups -OCH3 is 1. The third kappa shape index (κ3) is 6.46. The second-order valence-corrected chi connectivity index (χ2v) is 8.92. The SMILES string of the molecule is COCCN(C)Cc1ccc(SN)cc1.NC(=O)Nc1c2c(cc3c1CCC3)CCC2. The Bertz CT molecular complexity index is 854. The van der Waals surface area contributed by atoms with Crippen LogP contribution in [-0.4, -0.2) is 38.2 Å². The minimum atomic E-state index is -0.436. The van der Waals surface area contributed by atoms with Crippen LogP contribution in [0.1, 0.15) is 40.7 Å². The number of rotatable bonds is 7. The molecule has 0 heterocycles. The van der Waals surface area contributed by atoms with Gasteiger partial charge in [0, 0.05) is 30.8 Å². The van der Waals surface area contributed by atoms with Crippen molar-refractivity contribution in [2.45, 2.75) is 50.0 Å². The molecule has 0 radical (unpaired) electrons. The molecule has 31 heavy (non-hydrogen) atoms. The van der Waals surface area contributed by atoms with Crippen LogP contribution in [0.4, 0.5) is 10.5 Å². The lowest BCUT2D eigenvalue weighted by molar-refractivity contribution is 0.158. The number of benzene rings is 2. The average molecular weight is 443 g/mol. The van der Waals surface area contributed by atoms with Crippen molar-refractivity contribution in [2.24, 2.45) is 10.9 Å². The highest BCUT2D eigenvalue weighted by molar-refractivity contribution is 7.97. The van der Waals surface area contributed by atoms with Gasteiger partial charge in [-0.15, -0.1) is 0 Å². The number of primary amides is 1. The molecule has 2 aliphatic carbocycles. The lowest BCUT2D eigenvalue weighted by atomic mass is 9.99. The summed E-state index contributed by atoms with van der Waals surface area (Å²) in [5, 5.41) is 8.30. The van der Waals surface area contributed by atoms with Crippen molar-refractivity contribution >= 4 is 23.7 Å². The number of hydrogen-bond acceptors (Lipinski definition) is 5. The molecule has 0 aromatic heterocycles. The summed E-state index contributed by atoms with van der Waals surface area (Å²) in [7, 11) is 3.81. The maximum absolute atomic E-state index is 11.1. The molecule has 5 N–H and O–H groups in total. The van der Waals surface area contributed by atoms with Gasteiger partial charge in [0.25, 0.3) is 0 Å². The molecule has 0 fully saturated rings. The number of ether oxygens (including phenoxy) is 1. The van der Waals surface area contributed by atoms with E-state index < -0.39 is 6.03 Å². The first kappa shape index (κ1) is 23.6. The second kappa shape index (κ2) is 11.5. The minimum Gasteiger partial charge on any atom is -0.383 e. The number of nitrogens with one attached hydrogen (secondary N) is 1. The summed E-state index contributed by atoms with van der Waals surface area (Å²) in [6.45, 7) is 2.66. The summed E-state index contributed by atoms with van der Waals surface area (Å²) in [5.74, 6) is 0. The summed E-state index contributed by atoms with van der Waals surface area (Å²) in [5.41, 5.74) is 13.1. The highest BCUT2D eigenvalue weighted by Gasteiger charge is 2.24. The highest BCUT2D eigenvalue weighted by Crippen LogP contribution is 2.38. The van der Waals surface area contributed by atoms with Gasteiger partial charge in [0.15, 0.2) is 0 Å². The third-order valence-electron chi connectivity index (χ3n) is 5.91. The largest absolute Gasteiger partial charge is 0.383 e. The number of hydrogen-bond donors (Lipinski definition) is 3. The third-order valence-corrected chi connectivity index (χ3v) is 6.45. The Hall–Kier alpha value is -2.06. The fourth-order valence-electron chi connectivity index (χ4n) is 4.40. The Balaban J connectivity index is 0.000000176. The highest BCUT2D eigenvalue weighted by atomic mass is 32.2. The van der Waals surface area contributed by atoms with Gasteiger partial charge in [-0.1, -0.05) is 18.2 Å². The van der Waals surface area contributed by atoms with Crippen molar-refractivity contribution in [2.75, 3.05) is 32.6 Å². The lowest BCUT2D eigenvalue weighted by Gasteiger charge is -2.15. The number of likely N-dealkylation sites (N-methyl/N-ethyl adjacent to an activating group) is 1. The van der Waals surface area contributed by atoms with E-state index >= 15 is 0 Å². The van der Waals surface area contributed by atoms with E-state index in [-0.39, 0.29) is 0 Å². The van der Waals surface area contributed by atoms with Crippen LogP contribution >= 0.6 is 11.9 Å². The molecule has 0 aliphatic heterocycles. The van der Waals surface area contributed by atoms with Gasteiger partial charge < -0.3 is 15.8 Å². The van der Waals surface area contributed by atoms with Crippen molar-refractivity contribution in [3.63, 3.8) is 0 Å². The number of aryl methyl sites for hydroxylation is 2. The number of carbonyl (C=O) groups excluding carboxylic acids is 1. The number of carbonyl (C=O) groups is 1. The monoisotopic (exact) mass is 442 g/mol. The standard InChI is InChI=1S/C13H16N2O.C11H18N2OS/c14-13(16)15-12-10-5-1-3-8(10)7-9-4-2-6-11(9)12;1-13(7-8-14-2)9-10-3-5-11(15-12)6-4-10/h7H,1-6H2,(H3,14,15,16);3-6H,7-9,12H2,1-2H3. The van der Waals surface area contributed by atoms with Crippen molar-refractivity contribution in [1.29, 1.82) is 0 Å². The van der Waals surface area contributed by atoms with E-state index in [1.807, 2.05) is 12.1 Å². The average Bonchev–Trinajstić information content (AvgIpc) is 3.42. The van der Waals surface area contributed by atoms with Gasteiger partial charge in [-0.2, -0.15) is 0 Å². The Morgan fingerprint density at radius 3 is 2.23 bits per heavy atom. The molecule has 2 aromatic rings. The second-order valence-electron chi connectivity index (χ2n) is 8.22. The van der Waals surface area contributed by atoms with Crippen LogP contribution in [0.15, 0.2) is 35.2 Å². The fourth-order valence-corrected chi connectivity index (χ4v) is 4.69. The molecule has 168 valence electrons. The molecule has 7 heteroatoms. The van der Waals surface area contributed by atoms with E-state index in [1.165, 1.54) is 52.6 Å². The summed E-state index contributed by atoms with van der Waals surface area (Å²) >= 11 is 1.28. The summed E-state index contributed by atoms with van der Waals surface area (Å²) < 4.78 is 5.03. The molecular formula is C24H34N4O2S. The van der Waals surface area contributed by atoms with Crippen molar-refractivity contribution in [1.82, 2.24) is 4.90 Å². The van der Waals surface area contributed by atoms with Crippen molar-refractivity contribution < 1.29 is 9.53 Å². The molecule has 0 unspecified atom stereocenters. The zero-order valence-corrected chi connectivity index (χ0v) is 19.4. The first-order valence-corrected chi connectivity index (χ1v) is 11.8. The van der Waals surface area contributed by atoms with E-state index in [1.54, 1.807) is 7.11 Å². The molecule has 2 aromatic carbocycles. The maximum Gasteiger partial charge on any atom is 0.316 e. The Labute approximate surface area is 189 Å². The molecule has 2 aliphatic rings. The van der Waals surface area contributed by atoms with Crippen LogP contribution in [0.25, 0.3) is 0 Å². The van der Waals surface area contributed by atoms with E-state index in [0.29, 0.717) is 0 Å². The first-order chi connectivity index (χ1) is 15.0. The van der Waals surface area contributed by atoms with Crippen LogP contribution in [0.2, 0.25) is 0 Å². The molecular weight excluding hydrogens is 408 g/mol. The van der Waals surface area contributed by atoms with Gasteiger partial charge in [0.05, 0.1) is 6.61 Å². The number of urea groups is 1. The Kier molecular flexibility index (Phi) is 8.78. The molecule has 6 nitrogen and oxygen atoms in total. The predicted molar refractivity (Wildman–Crippen MR) is 128 cm³/mol. The Morgan fingerprint density at radius 1 is 1.10 bits per heavy atom. The van der Waals surface area contributed by atoms with Gasteiger partial charge in [0.1, 0.15) is 0 Å². The van der Waals surface area contributed by atoms with Gasteiger partial charge in [-0.3, -0.25) is 10.0 Å².